The van der Waals surface area contributed by atoms with Gasteiger partial charge in [0.1, 0.15) is 17.2 Å². The molecule has 6 nitrogen and oxygen atoms in total. The first-order valence-electron chi connectivity index (χ1n) is 11.6. The van der Waals surface area contributed by atoms with Crippen LogP contribution in [0.15, 0.2) is 67.0 Å². The molecule has 0 N–H and O–H groups in total. The Labute approximate surface area is 207 Å². The van der Waals surface area contributed by atoms with E-state index in [4.69, 9.17) is 21.6 Å². The van der Waals surface area contributed by atoms with Gasteiger partial charge in [0.2, 0.25) is 0 Å². The topological polar surface area (TPSA) is 49.6 Å². The molecule has 176 valence electrons. The van der Waals surface area contributed by atoms with Crippen molar-refractivity contribution in [3.63, 3.8) is 0 Å². The molecule has 0 saturated carbocycles. The standard InChI is InChI=1S/C27H24ClFN6/c1-33(2)18-10-12-34(16-18)19-14-24-22(30-15-19)8-9-23(31-24)27-26(20-13-17(28)6-7-21(20)29)32-25-5-3-4-11-35(25)27/h3-9,11,13-15,18H,10,12,16H2,1-2H3. The van der Waals surface area contributed by atoms with Gasteiger partial charge in [0.05, 0.1) is 34.3 Å². The first-order chi connectivity index (χ1) is 17.0. The van der Waals surface area contributed by atoms with Gasteiger partial charge in [0, 0.05) is 35.9 Å². The van der Waals surface area contributed by atoms with Gasteiger partial charge in [-0.3, -0.25) is 9.38 Å². The number of nitrogens with zero attached hydrogens (tertiary/aromatic N) is 6. The molecule has 1 aliphatic heterocycles. The molecule has 1 aliphatic rings. The maximum Gasteiger partial charge on any atom is 0.137 e. The number of likely N-dealkylation sites (N-methyl/N-ethyl adjacent to an activating group) is 1. The first-order valence-corrected chi connectivity index (χ1v) is 12.0. The highest BCUT2D eigenvalue weighted by molar-refractivity contribution is 6.30. The van der Waals surface area contributed by atoms with Crippen LogP contribution in [0.1, 0.15) is 6.42 Å². The van der Waals surface area contributed by atoms with Crippen LogP contribution < -0.4 is 4.90 Å². The lowest BCUT2D eigenvalue weighted by Gasteiger charge is -2.21. The molecule has 0 radical (unpaired) electrons. The van der Waals surface area contributed by atoms with Gasteiger partial charge < -0.3 is 9.80 Å². The zero-order valence-corrected chi connectivity index (χ0v) is 20.2. The second kappa shape index (κ2) is 8.59. The number of hydrogen-bond acceptors (Lipinski definition) is 5. The van der Waals surface area contributed by atoms with Crippen molar-refractivity contribution in [3.05, 3.63) is 77.8 Å². The Morgan fingerprint density at radius 3 is 2.74 bits per heavy atom. The van der Waals surface area contributed by atoms with Crippen molar-refractivity contribution in [2.45, 2.75) is 12.5 Å². The van der Waals surface area contributed by atoms with Crippen molar-refractivity contribution in [3.8, 4) is 22.6 Å². The fourth-order valence-electron chi connectivity index (χ4n) is 4.81. The van der Waals surface area contributed by atoms with Crippen LogP contribution in [0.4, 0.5) is 10.1 Å². The molecule has 1 aromatic carbocycles. The molecule has 4 aromatic heterocycles. The summed E-state index contributed by atoms with van der Waals surface area (Å²) in [7, 11) is 4.24. The van der Waals surface area contributed by atoms with Crippen LogP contribution in [-0.4, -0.2) is 57.5 Å². The van der Waals surface area contributed by atoms with Crippen molar-refractivity contribution in [2.24, 2.45) is 0 Å². The molecule has 5 heterocycles. The second-order valence-electron chi connectivity index (χ2n) is 9.14. The Bertz CT molecular complexity index is 1560. The summed E-state index contributed by atoms with van der Waals surface area (Å²) in [5, 5.41) is 0.450. The van der Waals surface area contributed by atoms with Gasteiger partial charge >= 0.3 is 0 Å². The summed E-state index contributed by atoms with van der Waals surface area (Å²) in [5.74, 6) is -0.381. The van der Waals surface area contributed by atoms with E-state index in [1.54, 1.807) is 6.07 Å². The van der Waals surface area contributed by atoms with Crippen LogP contribution in [-0.2, 0) is 0 Å². The van der Waals surface area contributed by atoms with E-state index >= 15 is 0 Å². The fraction of sp³-hybridized carbons (Fsp3) is 0.222. The number of aromatic nitrogens is 4. The zero-order valence-electron chi connectivity index (χ0n) is 19.5. The highest BCUT2D eigenvalue weighted by Gasteiger charge is 2.25. The van der Waals surface area contributed by atoms with Crippen molar-refractivity contribution in [1.82, 2.24) is 24.3 Å². The van der Waals surface area contributed by atoms with Crippen molar-refractivity contribution in [1.29, 1.82) is 0 Å². The van der Waals surface area contributed by atoms with Gasteiger partial charge in [-0.05, 0) is 69.0 Å². The number of rotatable bonds is 4. The molecule has 6 rings (SSSR count). The normalized spacial score (nSPS) is 16.1. The predicted octanol–water partition coefficient (Wildman–Crippen LogP) is 5.54. The first kappa shape index (κ1) is 21.9. The summed E-state index contributed by atoms with van der Waals surface area (Å²) in [6, 6.07) is 16.7. The molecule has 1 unspecified atom stereocenters. The van der Waals surface area contributed by atoms with Gasteiger partial charge in [0.15, 0.2) is 0 Å². The Morgan fingerprint density at radius 1 is 1.03 bits per heavy atom. The minimum atomic E-state index is -0.381. The number of benzene rings is 1. The molecule has 35 heavy (non-hydrogen) atoms. The monoisotopic (exact) mass is 486 g/mol. The molecule has 0 bridgehead atoms. The number of pyridine rings is 3. The van der Waals surface area contributed by atoms with Crippen LogP contribution >= 0.6 is 11.6 Å². The lowest BCUT2D eigenvalue weighted by molar-refractivity contribution is 0.315. The Kier molecular flexibility index (Phi) is 5.39. The lowest BCUT2D eigenvalue weighted by Crippen LogP contribution is -2.31. The molecule has 5 aromatic rings. The largest absolute Gasteiger partial charge is 0.369 e. The molecule has 0 amide bonds. The fourth-order valence-corrected chi connectivity index (χ4v) is 4.98. The molecule has 0 aliphatic carbocycles. The van der Waals surface area contributed by atoms with Crippen LogP contribution in [0, 0.1) is 5.82 Å². The van der Waals surface area contributed by atoms with Gasteiger partial charge in [-0.15, -0.1) is 0 Å². The molecule has 0 spiro atoms. The van der Waals surface area contributed by atoms with Gasteiger partial charge in [0.25, 0.3) is 0 Å². The minimum absolute atomic E-state index is 0.344. The van der Waals surface area contributed by atoms with E-state index in [9.17, 15) is 4.39 Å². The van der Waals surface area contributed by atoms with Crippen molar-refractivity contribution >= 4 is 34.0 Å². The van der Waals surface area contributed by atoms with Crippen LogP contribution in [0.5, 0.6) is 0 Å². The smallest absolute Gasteiger partial charge is 0.137 e. The molecule has 1 atom stereocenters. The van der Waals surface area contributed by atoms with E-state index in [1.165, 1.54) is 12.1 Å². The second-order valence-corrected chi connectivity index (χ2v) is 9.58. The highest BCUT2D eigenvalue weighted by atomic mass is 35.5. The molecule has 8 heteroatoms. The number of imidazole rings is 1. The average molecular weight is 487 g/mol. The van der Waals surface area contributed by atoms with Crippen LogP contribution in [0.3, 0.4) is 0 Å². The summed E-state index contributed by atoms with van der Waals surface area (Å²) in [6.07, 6.45) is 4.95. The van der Waals surface area contributed by atoms with E-state index in [0.717, 1.165) is 36.2 Å². The van der Waals surface area contributed by atoms with Crippen LogP contribution in [0.2, 0.25) is 5.02 Å². The van der Waals surface area contributed by atoms with Crippen molar-refractivity contribution < 1.29 is 4.39 Å². The number of hydrogen-bond donors (Lipinski definition) is 0. The summed E-state index contributed by atoms with van der Waals surface area (Å²) in [6.45, 7) is 1.95. The lowest BCUT2D eigenvalue weighted by atomic mass is 10.1. The Balaban J connectivity index is 1.49. The Hall–Kier alpha value is -3.55. The van der Waals surface area contributed by atoms with Gasteiger partial charge in [-0.1, -0.05) is 17.7 Å². The summed E-state index contributed by atoms with van der Waals surface area (Å²) >= 11 is 6.22. The number of fused-ring (bicyclic) bond motifs is 2. The third kappa shape index (κ3) is 3.90. The van der Waals surface area contributed by atoms with E-state index in [1.807, 2.05) is 47.1 Å². The highest BCUT2D eigenvalue weighted by Crippen LogP contribution is 2.35. The maximum absolute atomic E-state index is 14.9. The SMILES string of the molecule is CN(C)C1CCN(c2cnc3ccc(-c4c(-c5cc(Cl)ccc5F)nc5ccccn45)nc3c2)C1. The van der Waals surface area contributed by atoms with Gasteiger partial charge in [-0.2, -0.15) is 0 Å². The third-order valence-corrected chi connectivity index (χ3v) is 6.97. The Morgan fingerprint density at radius 2 is 1.91 bits per heavy atom. The van der Waals surface area contributed by atoms with E-state index in [2.05, 4.69) is 34.9 Å². The third-order valence-electron chi connectivity index (χ3n) is 6.74. The van der Waals surface area contributed by atoms with E-state index in [0.29, 0.717) is 39.4 Å². The average Bonchev–Trinajstić information content (AvgIpc) is 3.50. The molecular formula is C27H24ClFN6. The zero-order chi connectivity index (χ0) is 24.1. The summed E-state index contributed by atoms with van der Waals surface area (Å²) in [5.41, 5.74) is 5.61. The summed E-state index contributed by atoms with van der Waals surface area (Å²) < 4.78 is 16.8. The van der Waals surface area contributed by atoms with Crippen LogP contribution in [0.25, 0.3) is 39.3 Å². The summed E-state index contributed by atoms with van der Waals surface area (Å²) in [4.78, 5) is 19.0. The predicted molar refractivity (Wildman–Crippen MR) is 138 cm³/mol. The van der Waals surface area contributed by atoms with E-state index in [-0.39, 0.29) is 5.82 Å². The number of anilines is 1. The number of halogens is 2. The quantitative estimate of drug-likeness (QED) is 0.333. The maximum atomic E-state index is 14.9. The molecular weight excluding hydrogens is 463 g/mol. The van der Waals surface area contributed by atoms with Crippen molar-refractivity contribution in [2.75, 3.05) is 32.1 Å². The minimum Gasteiger partial charge on any atom is -0.369 e. The molecule has 1 saturated heterocycles. The molecule has 1 fully saturated rings. The van der Waals surface area contributed by atoms with Gasteiger partial charge in [-0.25, -0.2) is 14.4 Å². The van der Waals surface area contributed by atoms with E-state index < -0.39 is 0 Å².